The Bertz CT molecular complexity index is 994. The van der Waals surface area contributed by atoms with Crippen LogP contribution in [-0.4, -0.2) is 61.6 Å². The number of aryl methyl sites for hydroxylation is 1. The Hall–Kier alpha value is -2.51. The Balaban J connectivity index is 1.29. The number of nitrogens with zero attached hydrogens (tertiary/aromatic N) is 6. The number of hydrogen-bond donors (Lipinski definition) is 1. The van der Waals surface area contributed by atoms with Crippen LogP contribution in [0.4, 0.5) is 5.82 Å². The molecule has 29 heavy (non-hydrogen) atoms. The highest BCUT2D eigenvalue weighted by atomic mass is 16.3. The number of likely N-dealkylation sites (tertiary alicyclic amines) is 1. The lowest BCUT2D eigenvalue weighted by Crippen LogP contribution is -2.53. The lowest BCUT2D eigenvalue weighted by molar-refractivity contribution is -0.0256. The zero-order valence-corrected chi connectivity index (χ0v) is 16.9. The highest BCUT2D eigenvalue weighted by molar-refractivity contribution is 5.48. The minimum atomic E-state index is -0.265. The number of rotatable bonds is 3. The van der Waals surface area contributed by atoms with Gasteiger partial charge >= 0.3 is 0 Å². The number of anilines is 1. The molecule has 3 aromatic rings. The largest absolute Gasteiger partial charge is 0.392 e. The van der Waals surface area contributed by atoms with Gasteiger partial charge in [0.1, 0.15) is 5.82 Å². The van der Waals surface area contributed by atoms with Crippen LogP contribution in [-0.2, 0) is 6.54 Å². The average Bonchev–Trinajstić information content (AvgIpc) is 3.17. The van der Waals surface area contributed by atoms with E-state index in [4.69, 9.17) is 0 Å². The average molecular weight is 393 g/mol. The van der Waals surface area contributed by atoms with Gasteiger partial charge in [0.15, 0.2) is 5.65 Å². The summed E-state index contributed by atoms with van der Waals surface area (Å²) in [4.78, 5) is 18.2. The van der Waals surface area contributed by atoms with E-state index in [1.54, 1.807) is 6.20 Å². The van der Waals surface area contributed by atoms with Crippen molar-refractivity contribution in [3.8, 4) is 0 Å². The number of hydrogen-bond acceptors (Lipinski definition) is 6. The number of piperidine rings is 2. The first-order valence-electron chi connectivity index (χ1n) is 10.5. The summed E-state index contributed by atoms with van der Waals surface area (Å²) in [6, 6.07) is 6.18. The Kier molecular flexibility index (Phi) is 4.72. The van der Waals surface area contributed by atoms with E-state index in [0.717, 1.165) is 74.8 Å². The molecule has 2 aliphatic heterocycles. The third-order valence-electron chi connectivity index (χ3n) is 6.47. The summed E-state index contributed by atoms with van der Waals surface area (Å²) in [5.74, 6) is 1.10. The van der Waals surface area contributed by atoms with Crippen LogP contribution in [0.25, 0.3) is 5.65 Å². The van der Waals surface area contributed by atoms with E-state index < -0.39 is 0 Å². The molecular weight excluding hydrogens is 364 g/mol. The fourth-order valence-corrected chi connectivity index (χ4v) is 5.15. The van der Waals surface area contributed by atoms with Gasteiger partial charge in [-0.15, -0.1) is 0 Å². The quantitative estimate of drug-likeness (QED) is 0.738. The number of aromatic nitrogens is 4. The first-order valence-corrected chi connectivity index (χ1v) is 10.5. The highest BCUT2D eigenvalue weighted by Crippen LogP contribution is 2.41. The molecule has 1 N–H and O–H groups in total. The summed E-state index contributed by atoms with van der Waals surface area (Å²) in [6.45, 7) is 6.55. The van der Waals surface area contributed by atoms with Gasteiger partial charge in [-0.25, -0.2) is 4.98 Å². The summed E-state index contributed by atoms with van der Waals surface area (Å²) in [5.41, 5.74) is 3.19. The van der Waals surface area contributed by atoms with Crippen molar-refractivity contribution >= 4 is 11.5 Å². The van der Waals surface area contributed by atoms with Gasteiger partial charge in [-0.1, -0.05) is 6.07 Å². The standard InChI is InChI=1S/C22H28N6O/c1-17-3-2-4-18(25-17)14-26-15-19(29)11-22(16-26)5-8-27(9-6-22)21-13-23-12-20-24-7-10-28(20)21/h2-4,7,10,12-13,19,29H,5-6,8-9,11,14-16H2,1H3. The van der Waals surface area contributed by atoms with Gasteiger partial charge in [0.2, 0.25) is 0 Å². The van der Waals surface area contributed by atoms with E-state index in [1.807, 2.05) is 31.6 Å². The Morgan fingerprint density at radius 1 is 1.21 bits per heavy atom. The summed E-state index contributed by atoms with van der Waals surface area (Å²) in [7, 11) is 0. The van der Waals surface area contributed by atoms with Crippen LogP contribution in [0.2, 0.25) is 0 Å². The molecule has 152 valence electrons. The van der Waals surface area contributed by atoms with E-state index in [0.29, 0.717) is 0 Å². The van der Waals surface area contributed by atoms with E-state index >= 15 is 0 Å². The zero-order chi connectivity index (χ0) is 19.8. The van der Waals surface area contributed by atoms with Crippen LogP contribution in [0.1, 0.15) is 30.7 Å². The fraction of sp³-hybridized carbons (Fsp3) is 0.500. The van der Waals surface area contributed by atoms with Gasteiger partial charge in [-0.05, 0) is 43.7 Å². The summed E-state index contributed by atoms with van der Waals surface area (Å²) in [6.07, 6.45) is 10.3. The number of imidazole rings is 1. The summed E-state index contributed by atoms with van der Waals surface area (Å²) < 4.78 is 2.11. The predicted molar refractivity (Wildman–Crippen MR) is 112 cm³/mol. The molecule has 0 bridgehead atoms. The number of pyridine rings is 1. The van der Waals surface area contributed by atoms with Crippen molar-refractivity contribution < 1.29 is 5.11 Å². The van der Waals surface area contributed by atoms with Crippen LogP contribution in [0.15, 0.2) is 43.0 Å². The van der Waals surface area contributed by atoms with Crippen molar-refractivity contribution in [1.29, 1.82) is 0 Å². The number of aliphatic hydroxyl groups is 1. The molecule has 5 rings (SSSR count). The van der Waals surface area contributed by atoms with Gasteiger partial charge in [-0.3, -0.25) is 19.3 Å². The van der Waals surface area contributed by atoms with Crippen LogP contribution < -0.4 is 4.90 Å². The molecule has 7 heteroatoms. The number of β-amino-alcohol motifs (C(OH)–C–C–N with tert-alkyl or cyclic N) is 1. The predicted octanol–water partition coefficient (Wildman–Crippen LogP) is 2.29. The van der Waals surface area contributed by atoms with Crippen LogP contribution in [0.5, 0.6) is 0 Å². The Morgan fingerprint density at radius 2 is 2.07 bits per heavy atom. The van der Waals surface area contributed by atoms with Crippen LogP contribution in [0.3, 0.4) is 0 Å². The van der Waals surface area contributed by atoms with E-state index in [9.17, 15) is 5.11 Å². The first kappa shape index (κ1) is 18.5. The molecule has 1 atom stereocenters. The molecule has 2 saturated heterocycles. The van der Waals surface area contributed by atoms with Crippen molar-refractivity contribution in [1.82, 2.24) is 24.3 Å². The van der Waals surface area contributed by atoms with Crippen molar-refractivity contribution in [3.05, 3.63) is 54.4 Å². The van der Waals surface area contributed by atoms with E-state index in [1.165, 1.54) is 0 Å². The van der Waals surface area contributed by atoms with Gasteiger partial charge in [0, 0.05) is 50.8 Å². The van der Waals surface area contributed by atoms with Crippen LogP contribution >= 0.6 is 0 Å². The number of fused-ring (bicyclic) bond motifs is 1. The third-order valence-corrected chi connectivity index (χ3v) is 6.47. The molecule has 0 saturated carbocycles. The minimum absolute atomic E-state index is 0.175. The number of aliphatic hydroxyl groups excluding tert-OH is 1. The van der Waals surface area contributed by atoms with E-state index in [2.05, 4.69) is 41.3 Å². The maximum atomic E-state index is 10.6. The molecule has 0 amide bonds. The highest BCUT2D eigenvalue weighted by Gasteiger charge is 2.41. The van der Waals surface area contributed by atoms with Crippen molar-refractivity contribution in [2.24, 2.45) is 5.41 Å². The molecule has 5 heterocycles. The normalized spacial score (nSPS) is 22.4. The van der Waals surface area contributed by atoms with E-state index in [-0.39, 0.29) is 11.5 Å². The molecule has 2 fully saturated rings. The monoisotopic (exact) mass is 392 g/mol. The lowest BCUT2D eigenvalue weighted by Gasteiger charge is -2.49. The maximum absolute atomic E-state index is 10.6. The second-order valence-corrected chi connectivity index (χ2v) is 8.71. The molecule has 1 spiro atoms. The third kappa shape index (κ3) is 3.72. The minimum Gasteiger partial charge on any atom is -0.392 e. The van der Waals surface area contributed by atoms with Gasteiger partial charge < -0.3 is 10.0 Å². The summed E-state index contributed by atoms with van der Waals surface area (Å²) >= 11 is 0. The van der Waals surface area contributed by atoms with Gasteiger partial charge in [0.05, 0.1) is 24.2 Å². The maximum Gasteiger partial charge on any atom is 0.156 e. The van der Waals surface area contributed by atoms with Crippen molar-refractivity contribution in [2.45, 2.75) is 38.8 Å². The topological polar surface area (TPSA) is 69.8 Å². The first-order chi connectivity index (χ1) is 14.1. The molecule has 0 aromatic carbocycles. The zero-order valence-electron chi connectivity index (χ0n) is 16.9. The molecule has 2 aliphatic rings. The Morgan fingerprint density at radius 3 is 2.90 bits per heavy atom. The second-order valence-electron chi connectivity index (χ2n) is 8.71. The summed E-state index contributed by atoms with van der Waals surface area (Å²) in [5, 5.41) is 10.6. The fourth-order valence-electron chi connectivity index (χ4n) is 5.15. The van der Waals surface area contributed by atoms with Crippen molar-refractivity contribution in [2.75, 3.05) is 31.1 Å². The molecule has 7 nitrogen and oxygen atoms in total. The molecule has 3 aromatic heterocycles. The second kappa shape index (κ2) is 7.39. The molecule has 0 radical (unpaired) electrons. The lowest BCUT2D eigenvalue weighted by atomic mass is 9.71. The Labute approximate surface area is 171 Å². The molecule has 1 unspecified atom stereocenters. The van der Waals surface area contributed by atoms with Gasteiger partial charge in [-0.2, -0.15) is 0 Å². The smallest absolute Gasteiger partial charge is 0.156 e. The van der Waals surface area contributed by atoms with Crippen molar-refractivity contribution in [3.63, 3.8) is 0 Å². The van der Waals surface area contributed by atoms with Gasteiger partial charge in [0.25, 0.3) is 0 Å². The molecule has 0 aliphatic carbocycles. The van der Waals surface area contributed by atoms with Crippen LogP contribution in [0, 0.1) is 12.3 Å². The molecular formula is C22H28N6O. The SMILES string of the molecule is Cc1cccc(CN2CC(O)CC3(CCN(c4cncc5nccn45)CC3)C2)n1.